The van der Waals surface area contributed by atoms with Crippen molar-refractivity contribution in [2.24, 2.45) is 5.92 Å². The lowest BCUT2D eigenvalue weighted by atomic mass is 10.1. The number of carbonyl (C=O) groups is 2. The average molecular weight is 322 g/mol. The van der Waals surface area contributed by atoms with Crippen molar-refractivity contribution >= 4 is 17.5 Å². The topological polar surface area (TPSA) is 40.6 Å². The van der Waals surface area contributed by atoms with Crippen LogP contribution in [-0.2, 0) is 16.1 Å². The monoisotopic (exact) mass is 322 g/mol. The number of amides is 2. The van der Waals surface area contributed by atoms with Crippen molar-refractivity contribution in [1.29, 1.82) is 0 Å². The van der Waals surface area contributed by atoms with Gasteiger partial charge in [-0.05, 0) is 31.0 Å². The SMILES string of the molecule is CCN(Cc1ccccc1)C(=O)C1CCN(c2ccccc2)C1=O. The molecule has 1 atom stereocenters. The van der Waals surface area contributed by atoms with E-state index in [1.54, 1.807) is 9.80 Å². The lowest BCUT2D eigenvalue weighted by Gasteiger charge is -2.24. The largest absolute Gasteiger partial charge is 0.338 e. The Morgan fingerprint density at radius 1 is 1.08 bits per heavy atom. The summed E-state index contributed by atoms with van der Waals surface area (Å²) in [5.41, 5.74) is 1.95. The fourth-order valence-electron chi connectivity index (χ4n) is 3.14. The van der Waals surface area contributed by atoms with Crippen molar-refractivity contribution in [3.8, 4) is 0 Å². The predicted octanol–water partition coefficient (Wildman–Crippen LogP) is 3.09. The van der Waals surface area contributed by atoms with E-state index in [-0.39, 0.29) is 11.8 Å². The first-order valence-corrected chi connectivity index (χ1v) is 8.40. The van der Waals surface area contributed by atoms with Crippen molar-refractivity contribution in [3.63, 3.8) is 0 Å². The first kappa shape index (κ1) is 16.2. The van der Waals surface area contributed by atoms with Crippen LogP contribution in [0.15, 0.2) is 60.7 Å². The highest BCUT2D eigenvalue weighted by Crippen LogP contribution is 2.26. The van der Waals surface area contributed by atoms with Gasteiger partial charge in [-0.2, -0.15) is 0 Å². The number of para-hydroxylation sites is 1. The van der Waals surface area contributed by atoms with Gasteiger partial charge in [0.25, 0.3) is 0 Å². The fraction of sp³-hybridized carbons (Fsp3) is 0.300. The number of anilines is 1. The van der Waals surface area contributed by atoms with E-state index in [2.05, 4.69) is 0 Å². The number of rotatable bonds is 5. The van der Waals surface area contributed by atoms with Gasteiger partial charge in [-0.15, -0.1) is 0 Å². The summed E-state index contributed by atoms with van der Waals surface area (Å²) in [6, 6.07) is 19.4. The van der Waals surface area contributed by atoms with Crippen LogP contribution < -0.4 is 4.90 Å². The molecule has 0 N–H and O–H groups in total. The van der Waals surface area contributed by atoms with Gasteiger partial charge >= 0.3 is 0 Å². The highest BCUT2D eigenvalue weighted by Gasteiger charge is 2.39. The average Bonchev–Trinajstić information content (AvgIpc) is 3.02. The van der Waals surface area contributed by atoms with Crippen molar-refractivity contribution in [1.82, 2.24) is 4.90 Å². The molecule has 1 heterocycles. The third kappa shape index (κ3) is 3.32. The van der Waals surface area contributed by atoms with E-state index in [0.717, 1.165) is 11.3 Å². The van der Waals surface area contributed by atoms with E-state index in [1.807, 2.05) is 67.6 Å². The minimum atomic E-state index is -0.561. The molecule has 124 valence electrons. The van der Waals surface area contributed by atoms with Crippen LogP contribution in [-0.4, -0.2) is 29.8 Å². The van der Waals surface area contributed by atoms with Gasteiger partial charge in [-0.3, -0.25) is 9.59 Å². The van der Waals surface area contributed by atoms with E-state index in [0.29, 0.717) is 26.1 Å². The van der Waals surface area contributed by atoms with E-state index in [9.17, 15) is 9.59 Å². The van der Waals surface area contributed by atoms with Crippen molar-refractivity contribution in [2.45, 2.75) is 19.9 Å². The summed E-state index contributed by atoms with van der Waals surface area (Å²) in [4.78, 5) is 29.0. The van der Waals surface area contributed by atoms with Gasteiger partial charge in [0.15, 0.2) is 0 Å². The van der Waals surface area contributed by atoms with Crippen LogP contribution in [0.25, 0.3) is 0 Å². The number of hydrogen-bond acceptors (Lipinski definition) is 2. The molecule has 0 aromatic heterocycles. The molecule has 4 heteroatoms. The normalized spacial score (nSPS) is 17.1. The fourth-order valence-corrected chi connectivity index (χ4v) is 3.14. The summed E-state index contributed by atoms with van der Waals surface area (Å²) in [5.74, 6) is -0.712. The molecule has 0 saturated carbocycles. The van der Waals surface area contributed by atoms with Crippen molar-refractivity contribution in [2.75, 3.05) is 18.0 Å². The molecule has 4 nitrogen and oxygen atoms in total. The van der Waals surface area contributed by atoms with Crippen LogP contribution in [0.3, 0.4) is 0 Å². The Labute approximate surface area is 142 Å². The summed E-state index contributed by atoms with van der Waals surface area (Å²) in [5, 5.41) is 0. The lowest BCUT2D eigenvalue weighted by Crippen LogP contribution is -2.39. The second-order valence-corrected chi connectivity index (χ2v) is 6.00. The van der Waals surface area contributed by atoms with E-state index in [1.165, 1.54) is 0 Å². The molecule has 24 heavy (non-hydrogen) atoms. The van der Waals surface area contributed by atoms with Crippen molar-refractivity contribution < 1.29 is 9.59 Å². The molecule has 1 fully saturated rings. The maximum atomic E-state index is 12.8. The second kappa shape index (κ2) is 7.30. The molecule has 0 aliphatic carbocycles. The van der Waals surface area contributed by atoms with Gasteiger partial charge in [-0.1, -0.05) is 48.5 Å². The molecule has 1 saturated heterocycles. The maximum absolute atomic E-state index is 12.8. The Morgan fingerprint density at radius 3 is 2.33 bits per heavy atom. The van der Waals surface area contributed by atoms with Crippen LogP contribution in [0.2, 0.25) is 0 Å². The minimum Gasteiger partial charge on any atom is -0.338 e. The predicted molar refractivity (Wildman–Crippen MR) is 94.4 cm³/mol. The molecule has 0 radical (unpaired) electrons. The second-order valence-electron chi connectivity index (χ2n) is 6.00. The number of benzene rings is 2. The molecule has 3 rings (SSSR count). The molecular formula is C20H22N2O2. The number of hydrogen-bond donors (Lipinski definition) is 0. The summed E-state index contributed by atoms with van der Waals surface area (Å²) in [6.45, 7) is 3.70. The molecule has 1 unspecified atom stereocenters. The van der Waals surface area contributed by atoms with Gasteiger partial charge in [-0.25, -0.2) is 0 Å². The first-order valence-electron chi connectivity index (χ1n) is 8.40. The molecule has 2 aromatic rings. The van der Waals surface area contributed by atoms with Gasteiger partial charge in [0, 0.05) is 25.3 Å². The van der Waals surface area contributed by atoms with Gasteiger partial charge < -0.3 is 9.80 Å². The molecular weight excluding hydrogens is 300 g/mol. The maximum Gasteiger partial charge on any atom is 0.239 e. The smallest absolute Gasteiger partial charge is 0.239 e. The first-order chi connectivity index (χ1) is 11.7. The third-order valence-electron chi connectivity index (χ3n) is 4.48. The molecule has 2 amide bonds. The lowest BCUT2D eigenvalue weighted by molar-refractivity contribution is -0.140. The van der Waals surface area contributed by atoms with Crippen molar-refractivity contribution in [3.05, 3.63) is 66.2 Å². The summed E-state index contributed by atoms with van der Waals surface area (Å²) in [6.07, 6.45) is 0.581. The van der Waals surface area contributed by atoms with Gasteiger partial charge in [0.05, 0.1) is 0 Å². The van der Waals surface area contributed by atoms with Gasteiger partial charge in [0.1, 0.15) is 5.92 Å². The Hall–Kier alpha value is -2.62. The van der Waals surface area contributed by atoms with E-state index in [4.69, 9.17) is 0 Å². The summed E-state index contributed by atoms with van der Waals surface area (Å²) in [7, 11) is 0. The molecule has 0 bridgehead atoms. The van der Waals surface area contributed by atoms with E-state index < -0.39 is 5.92 Å². The molecule has 1 aliphatic heterocycles. The molecule has 1 aliphatic rings. The van der Waals surface area contributed by atoms with E-state index >= 15 is 0 Å². The zero-order chi connectivity index (χ0) is 16.9. The Bertz CT molecular complexity index is 700. The molecule has 2 aromatic carbocycles. The van der Waals surface area contributed by atoms with Crippen LogP contribution >= 0.6 is 0 Å². The summed E-state index contributed by atoms with van der Waals surface area (Å²) >= 11 is 0. The van der Waals surface area contributed by atoms with Crippen LogP contribution in [0, 0.1) is 5.92 Å². The summed E-state index contributed by atoms with van der Waals surface area (Å²) < 4.78 is 0. The Kier molecular flexibility index (Phi) is 4.94. The molecule has 0 spiro atoms. The highest BCUT2D eigenvalue weighted by atomic mass is 16.2. The number of carbonyl (C=O) groups excluding carboxylic acids is 2. The zero-order valence-electron chi connectivity index (χ0n) is 13.9. The highest BCUT2D eigenvalue weighted by molar-refractivity contribution is 6.09. The Morgan fingerprint density at radius 2 is 1.71 bits per heavy atom. The van der Waals surface area contributed by atoms with Gasteiger partial charge in [0.2, 0.25) is 11.8 Å². The number of nitrogens with zero attached hydrogens (tertiary/aromatic N) is 2. The van der Waals surface area contributed by atoms with Crippen LogP contribution in [0.1, 0.15) is 18.9 Å². The quantitative estimate of drug-likeness (QED) is 0.794. The standard InChI is InChI=1S/C20H22N2O2/c1-2-21(15-16-9-5-3-6-10-16)19(23)18-13-14-22(20(18)24)17-11-7-4-8-12-17/h3-12,18H,2,13-15H2,1H3. The van der Waals surface area contributed by atoms with Crippen LogP contribution in [0.4, 0.5) is 5.69 Å². The van der Waals surface area contributed by atoms with Crippen LogP contribution in [0.5, 0.6) is 0 Å². The zero-order valence-corrected chi connectivity index (χ0v) is 13.9. The Balaban J connectivity index is 1.71. The minimum absolute atomic E-state index is 0.0650. The third-order valence-corrected chi connectivity index (χ3v) is 4.48.